The van der Waals surface area contributed by atoms with Crippen molar-refractivity contribution < 1.29 is 9.90 Å². The Morgan fingerprint density at radius 1 is 1.33 bits per heavy atom. The molecule has 0 amide bonds. The molecule has 1 aromatic heterocycles. The van der Waals surface area contributed by atoms with Crippen LogP contribution in [0.5, 0.6) is 0 Å². The van der Waals surface area contributed by atoms with Crippen molar-refractivity contribution in [1.29, 1.82) is 0 Å². The van der Waals surface area contributed by atoms with Gasteiger partial charge >= 0.3 is 5.97 Å². The fourth-order valence-corrected chi connectivity index (χ4v) is 1.64. The van der Waals surface area contributed by atoms with E-state index in [0.717, 1.165) is 9.13 Å². The largest absolute Gasteiger partial charge is 0.478 e. The number of nitrogens with one attached hydrogen (secondary N) is 1. The molecule has 2 aromatic rings. The molecule has 0 saturated carbocycles. The van der Waals surface area contributed by atoms with Crippen LogP contribution in [0, 0.1) is 3.57 Å². The third-order valence-corrected chi connectivity index (χ3v) is 2.72. The summed E-state index contributed by atoms with van der Waals surface area (Å²) in [5, 5.41) is 15.3. The molecule has 2 rings (SSSR count). The standard InChI is InChI=1S/C10H7IN2O2/c11-7-3-1-6(2-4-7)9-8(10(14)15)5-12-13-9/h1-5H,(H,12,13)(H,14,15). The predicted octanol–water partition coefficient (Wildman–Crippen LogP) is 2.38. The Balaban J connectivity index is 2.49. The predicted molar refractivity (Wildman–Crippen MR) is 63.7 cm³/mol. The van der Waals surface area contributed by atoms with Gasteiger partial charge in [0.25, 0.3) is 0 Å². The highest BCUT2D eigenvalue weighted by molar-refractivity contribution is 14.1. The van der Waals surface area contributed by atoms with Gasteiger partial charge in [0.2, 0.25) is 0 Å². The molecular weight excluding hydrogens is 307 g/mol. The molecule has 1 heterocycles. The van der Waals surface area contributed by atoms with Crippen molar-refractivity contribution in [3.63, 3.8) is 0 Å². The van der Waals surface area contributed by atoms with Crippen molar-refractivity contribution in [2.75, 3.05) is 0 Å². The lowest BCUT2D eigenvalue weighted by Gasteiger charge is -1.99. The molecule has 2 N–H and O–H groups in total. The molecule has 0 atom stereocenters. The van der Waals surface area contributed by atoms with E-state index in [2.05, 4.69) is 32.8 Å². The lowest BCUT2D eigenvalue weighted by molar-refractivity contribution is 0.0698. The van der Waals surface area contributed by atoms with E-state index in [1.165, 1.54) is 6.20 Å². The number of rotatable bonds is 2. The first kappa shape index (κ1) is 10.2. The van der Waals surface area contributed by atoms with Gasteiger partial charge in [-0.1, -0.05) is 12.1 Å². The number of carboxylic acid groups (broad SMARTS) is 1. The zero-order valence-corrected chi connectivity index (χ0v) is 9.72. The maximum atomic E-state index is 10.9. The van der Waals surface area contributed by atoms with Gasteiger partial charge in [0.05, 0.1) is 11.9 Å². The summed E-state index contributed by atoms with van der Waals surface area (Å²) in [5.74, 6) is -0.975. The van der Waals surface area contributed by atoms with Crippen LogP contribution < -0.4 is 0 Å². The van der Waals surface area contributed by atoms with Gasteiger partial charge in [-0.15, -0.1) is 0 Å². The molecule has 0 spiro atoms. The van der Waals surface area contributed by atoms with E-state index >= 15 is 0 Å². The number of halogens is 1. The van der Waals surface area contributed by atoms with Crippen LogP contribution in [0.3, 0.4) is 0 Å². The molecule has 4 nitrogen and oxygen atoms in total. The lowest BCUT2D eigenvalue weighted by Crippen LogP contribution is -1.96. The maximum absolute atomic E-state index is 10.9. The number of benzene rings is 1. The Hall–Kier alpha value is -1.37. The topological polar surface area (TPSA) is 66.0 Å². The summed E-state index contributed by atoms with van der Waals surface area (Å²) in [5.41, 5.74) is 1.56. The van der Waals surface area contributed by atoms with Gasteiger partial charge in [-0.25, -0.2) is 4.79 Å². The van der Waals surface area contributed by atoms with Gasteiger partial charge in [-0.2, -0.15) is 5.10 Å². The summed E-state index contributed by atoms with van der Waals surface area (Å²) in [6.45, 7) is 0. The Kier molecular flexibility index (Phi) is 2.72. The molecular formula is C10H7IN2O2. The highest BCUT2D eigenvalue weighted by atomic mass is 127. The van der Waals surface area contributed by atoms with Crippen LogP contribution >= 0.6 is 22.6 Å². The molecule has 0 bridgehead atoms. The van der Waals surface area contributed by atoms with Gasteiger partial charge in [0.15, 0.2) is 0 Å². The second-order valence-corrected chi connectivity index (χ2v) is 4.22. The van der Waals surface area contributed by atoms with Crippen molar-refractivity contribution in [3.05, 3.63) is 39.6 Å². The number of nitrogens with zero attached hydrogens (tertiary/aromatic N) is 1. The Morgan fingerprint density at radius 2 is 2.00 bits per heavy atom. The van der Waals surface area contributed by atoms with Crippen LogP contribution in [0.4, 0.5) is 0 Å². The van der Waals surface area contributed by atoms with Crippen molar-refractivity contribution in [3.8, 4) is 11.3 Å². The van der Waals surface area contributed by atoms with Gasteiger partial charge < -0.3 is 5.11 Å². The molecule has 76 valence electrons. The van der Waals surface area contributed by atoms with E-state index in [1.54, 1.807) is 0 Å². The van der Waals surface area contributed by atoms with Gasteiger partial charge in [-0.05, 0) is 34.7 Å². The van der Waals surface area contributed by atoms with Crippen LogP contribution in [0.15, 0.2) is 30.5 Å². The summed E-state index contributed by atoms with van der Waals surface area (Å²) in [7, 11) is 0. The van der Waals surface area contributed by atoms with E-state index < -0.39 is 5.97 Å². The number of carboxylic acids is 1. The maximum Gasteiger partial charge on any atom is 0.339 e. The third kappa shape index (κ3) is 2.01. The third-order valence-electron chi connectivity index (χ3n) is 2.00. The molecule has 0 unspecified atom stereocenters. The van der Waals surface area contributed by atoms with Crippen molar-refractivity contribution >= 4 is 28.6 Å². The zero-order chi connectivity index (χ0) is 10.8. The molecule has 0 aliphatic carbocycles. The van der Waals surface area contributed by atoms with E-state index in [9.17, 15) is 4.79 Å². The fourth-order valence-electron chi connectivity index (χ4n) is 1.28. The molecule has 0 aliphatic rings. The van der Waals surface area contributed by atoms with Crippen LogP contribution in [-0.4, -0.2) is 21.3 Å². The van der Waals surface area contributed by atoms with Crippen LogP contribution in [0.1, 0.15) is 10.4 Å². The first-order valence-corrected chi connectivity index (χ1v) is 5.29. The Bertz CT molecular complexity index is 490. The Morgan fingerprint density at radius 3 is 2.60 bits per heavy atom. The number of carbonyl (C=O) groups is 1. The van der Waals surface area contributed by atoms with Crippen LogP contribution in [-0.2, 0) is 0 Å². The second-order valence-electron chi connectivity index (χ2n) is 2.97. The minimum atomic E-state index is -0.975. The normalized spacial score (nSPS) is 10.2. The van der Waals surface area contributed by atoms with Gasteiger partial charge in [-0.3, -0.25) is 5.10 Å². The Labute approximate surface area is 99.5 Å². The number of hydrogen-bond donors (Lipinski definition) is 2. The lowest BCUT2D eigenvalue weighted by atomic mass is 10.1. The molecule has 1 aromatic carbocycles. The van der Waals surface area contributed by atoms with Crippen LogP contribution in [0.2, 0.25) is 0 Å². The summed E-state index contributed by atoms with van der Waals surface area (Å²) >= 11 is 2.19. The van der Waals surface area contributed by atoms with E-state index in [-0.39, 0.29) is 5.56 Å². The van der Waals surface area contributed by atoms with E-state index in [1.807, 2.05) is 24.3 Å². The molecule has 0 fully saturated rings. The van der Waals surface area contributed by atoms with Crippen molar-refractivity contribution in [1.82, 2.24) is 10.2 Å². The van der Waals surface area contributed by atoms with Crippen molar-refractivity contribution in [2.45, 2.75) is 0 Å². The monoisotopic (exact) mass is 314 g/mol. The summed E-state index contributed by atoms with van der Waals surface area (Å²) in [6, 6.07) is 7.56. The smallest absolute Gasteiger partial charge is 0.339 e. The minimum absolute atomic E-state index is 0.191. The average Bonchev–Trinajstić information content (AvgIpc) is 2.67. The summed E-state index contributed by atoms with van der Waals surface area (Å²) in [4.78, 5) is 10.9. The van der Waals surface area contributed by atoms with E-state index in [0.29, 0.717) is 5.69 Å². The van der Waals surface area contributed by atoms with Gasteiger partial charge in [0, 0.05) is 9.13 Å². The average molecular weight is 314 g/mol. The van der Waals surface area contributed by atoms with Gasteiger partial charge in [0.1, 0.15) is 5.56 Å². The quantitative estimate of drug-likeness (QED) is 0.837. The van der Waals surface area contributed by atoms with Crippen LogP contribution in [0.25, 0.3) is 11.3 Å². The molecule has 0 saturated heterocycles. The molecule has 15 heavy (non-hydrogen) atoms. The minimum Gasteiger partial charge on any atom is -0.478 e. The molecule has 5 heteroatoms. The SMILES string of the molecule is O=C(O)c1cn[nH]c1-c1ccc(I)cc1. The highest BCUT2D eigenvalue weighted by Crippen LogP contribution is 2.21. The number of hydrogen-bond acceptors (Lipinski definition) is 2. The second kappa shape index (κ2) is 4.01. The first-order valence-electron chi connectivity index (χ1n) is 4.21. The fraction of sp³-hybridized carbons (Fsp3) is 0. The summed E-state index contributed by atoms with van der Waals surface area (Å²) < 4.78 is 1.10. The number of aromatic carboxylic acids is 1. The number of aromatic nitrogens is 2. The van der Waals surface area contributed by atoms with E-state index in [4.69, 9.17) is 5.11 Å². The first-order chi connectivity index (χ1) is 7.18. The zero-order valence-electron chi connectivity index (χ0n) is 7.57. The van der Waals surface area contributed by atoms with Crippen molar-refractivity contribution in [2.24, 2.45) is 0 Å². The summed E-state index contributed by atoms with van der Waals surface area (Å²) in [6.07, 6.45) is 1.32. The number of aromatic amines is 1. The number of H-pyrrole nitrogens is 1. The molecule has 0 aliphatic heterocycles. The molecule has 0 radical (unpaired) electrons. The highest BCUT2D eigenvalue weighted by Gasteiger charge is 2.13.